The highest BCUT2D eigenvalue weighted by Gasteiger charge is 2.20. The predicted molar refractivity (Wildman–Crippen MR) is 210 cm³/mol. The minimum absolute atomic E-state index is 0.175. The lowest BCUT2D eigenvalue weighted by Gasteiger charge is -2.11. The van der Waals surface area contributed by atoms with Crippen molar-refractivity contribution in [3.63, 3.8) is 0 Å². The van der Waals surface area contributed by atoms with Gasteiger partial charge >= 0.3 is 15.6 Å². The Morgan fingerprint density at radius 3 is 0.660 bits per heavy atom. The Morgan fingerprint density at radius 2 is 0.480 bits per heavy atom. The first-order valence-electron chi connectivity index (χ1n) is 20.9. The molecule has 0 aliphatic carbocycles. The zero-order valence-electron chi connectivity index (χ0n) is 32.7. The lowest BCUT2D eigenvalue weighted by molar-refractivity contribution is 0.147. The van der Waals surface area contributed by atoms with Crippen molar-refractivity contribution in [2.75, 3.05) is 53.6 Å². The number of phosphoric acid groups is 2. The minimum atomic E-state index is -3.88. The molecule has 302 valence electrons. The summed E-state index contributed by atoms with van der Waals surface area (Å²) in [5.41, 5.74) is 0. The molecule has 0 rings (SSSR count). The zero-order chi connectivity index (χ0) is 36.7. The Balaban J connectivity index is 3.17. The molecule has 0 saturated heterocycles. The molecular weight excluding hydrogens is 674 g/mol. The summed E-state index contributed by atoms with van der Waals surface area (Å²) in [7, 11) is -4.22. The van der Waals surface area contributed by atoms with E-state index in [1.54, 1.807) is 14.1 Å². The molecule has 50 heavy (non-hydrogen) atoms. The number of unbranched alkanes of at least 4 members (excludes halogenated alkanes) is 29. The number of nitrogens with one attached hydrogen (secondary N) is 2. The van der Waals surface area contributed by atoms with Crippen molar-refractivity contribution in [2.24, 2.45) is 0 Å². The third-order valence-corrected chi connectivity index (χ3v) is 11.3. The Morgan fingerprint density at radius 1 is 0.320 bits per heavy atom. The van der Waals surface area contributed by atoms with Crippen LogP contribution in [-0.4, -0.2) is 63.4 Å². The van der Waals surface area contributed by atoms with Crippen LogP contribution >= 0.6 is 15.6 Å². The van der Waals surface area contributed by atoms with Crippen molar-refractivity contribution >= 4 is 15.6 Å². The van der Waals surface area contributed by atoms with E-state index in [1.165, 1.54) is 167 Å². The number of likely N-dealkylation sites (N-methyl/N-ethyl adjacent to an activating group) is 2. The van der Waals surface area contributed by atoms with Crippen LogP contribution in [0.15, 0.2) is 0 Å². The van der Waals surface area contributed by atoms with Crippen LogP contribution in [0.25, 0.3) is 0 Å². The maximum absolute atomic E-state index is 11.7. The predicted octanol–water partition coefficient (Wildman–Crippen LogP) is 11.4. The Hall–Kier alpha value is 0.140. The van der Waals surface area contributed by atoms with E-state index in [1.807, 2.05) is 0 Å². The summed E-state index contributed by atoms with van der Waals surface area (Å²) >= 11 is 0. The topological polar surface area (TPSA) is 136 Å². The van der Waals surface area contributed by atoms with E-state index in [0.29, 0.717) is 13.1 Å². The largest absolute Gasteiger partial charge is 0.472 e. The van der Waals surface area contributed by atoms with Crippen LogP contribution < -0.4 is 10.6 Å². The normalized spacial score (nSPS) is 14.2. The summed E-state index contributed by atoms with van der Waals surface area (Å²) in [5.74, 6) is 0. The van der Waals surface area contributed by atoms with Gasteiger partial charge in [0.15, 0.2) is 0 Å². The molecule has 4 N–H and O–H groups in total. The fourth-order valence-electron chi connectivity index (χ4n) is 6.11. The summed E-state index contributed by atoms with van der Waals surface area (Å²) in [5, 5.41) is 5.73. The molecule has 0 radical (unpaired) electrons. The highest BCUT2D eigenvalue weighted by molar-refractivity contribution is 7.47. The number of phosphoric ester groups is 2. The van der Waals surface area contributed by atoms with Crippen molar-refractivity contribution in [1.29, 1.82) is 0 Å². The maximum atomic E-state index is 11.7. The van der Waals surface area contributed by atoms with Crippen molar-refractivity contribution in [1.82, 2.24) is 10.6 Å². The first-order valence-corrected chi connectivity index (χ1v) is 23.8. The zero-order valence-corrected chi connectivity index (χ0v) is 34.5. The molecule has 0 aliphatic rings. The lowest BCUT2D eigenvalue weighted by atomic mass is 10.0. The first-order chi connectivity index (χ1) is 24.3. The molecular formula is C38H82N2O8P2. The monoisotopic (exact) mass is 757 g/mol. The molecule has 2 atom stereocenters. The minimum Gasteiger partial charge on any atom is -0.317 e. The van der Waals surface area contributed by atoms with Gasteiger partial charge in [-0.1, -0.05) is 180 Å². The van der Waals surface area contributed by atoms with Gasteiger partial charge in [-0.05, 0) is 26.9 Å². The van der Waals surface area contributed by atoms with Gasteiger partial charge in [-0.3, -0.25) is 18.1 Å². The van der Waals surface area contributed by atoms with Gasteiger partial charge in [0, 0.05) is 13.1 Å². The van der Waals surface area contributed by atoms with Crippen LogP contribution in [0.1, 0.15) is 193 Å². The molecule has 0 heterocycles. The molecule has 0 aromatic heterocycles. The van der Waals surface area contributed by atoms with Crippen molar-refractivity contribution in [3.8, 4) is 0 Å². The second-order valence-corrected chi connectivity index (χ2v) is 17.0. The van der Waals surface area contributed by atoms with Gasteiger partial charge < -0.3 is 20.4 Å². The smallest absolute Gasteiger partial charge is 0.317 e. The highest BCUT2D eigenvalue weighted by Crippen LogP contribution is 2.43. The SMILES string of the molecule is CNCCOP(=O)(O)OCCCCCCCCCCCCCCCCCCCCCCCCCCCCCCCCOP(=O)(O)OCCNC. The van der Waals surface area contributed by atoms with E-state index in [-0.39, 0.29) is 26.4 Å². The molecule has 0 bridgehead atoms. The average Bonchev–Trinajstić information content (AvgIpc) is 3.08. The van der Waals surface area contributed by atoms with Gasteiger partial charge in [-0.25, -0.2) is 9.13 Å². The molecule has 10 nitrogen and oxygen atoms in total. The number of hydrogen-bond donors (Lipinski definition) is 4. The summed E-state index contributed by atoms with van der Waals surface area (Å²) in [6.45, 7) is 1.98. The Bertz CT molecular complexity index is 719. The van der Waals surface area contributed by atoms with Gasteiger partial charge in [-0.2, -0.15) is 0 Å². The van der Waals surface area contributed by atoms with Crippen LogP contribution in [0.5, 0.6) is 0 Å². The molecule has 0 aliphatic heterocycles. The van der Waals surface area contributed by atoms with E-state index >= 15 is 0 Å². The van der Waals surface area contributed by atoms with Crippen LogP contribution in [0.2, 0.25) is 0 Å². The molecule has 0 fully saturated rings. The first kappa shape index (κ1) is 50.1. The van der Waals surface area contributed by atoms with Gasteiger partial charge in [-0.15, -0.1) is 0 Å². The Kier molecular flexibility index (Phi) is 39.0. The fraction of sp³-hybridized carbons (Fsp3) is 1.00. The van der Waals surface area contributed by atoms with Crippen LogP contribution in [0.3, 0.4) is 0 Å². The van der Waals surface area contributed by atoms with Crippen molar-refractivity contribution in [2.45, 2.75) is 193 Å². The number of rotatable bonds is 43. The van der Waals surface area contributed by atoms with E-state index in [2.05, 4.69) is 10.6 Å². The maximum Gasteiger partial charge on any atom is 0.472 e. The Labute approximate surface area is 308 Å². The summed E-state index contributed by atoms with van der Waals surface area (Å²) in [6.07, 6.45) is 39.0. The van der Waals surface area contributed by atoms with Crippen LogP contribution in [0, 0.1) is 0 Å². The molecule has 0 amide bonds. The fourth-order valence-corrected chi connectivity index (χ4v) is 7.63. The molecule has 0 aromatic carbocycles. The van der Waals surface area contributed by atoms with E-state index in [4.69, 9.17) is 18.1 Å². The average molecular weight is 757 g/mol. The molecule has 0 aromatic rings. The van der Waals surface area contributed by atoms with E-state index in [0.717, 1.165) is 25.7 Å². The van der Waals surface area contributed by atoms with Gasteiger partial charge in [0.25, 0.3) is 0 Å². The van der Waals surface area contributed by atoms with E-state index in [9.17, 15) is 18.9 Å². The van der Waals surface area contributed by atoms with Crippen molar-refractivity contribution in [3.05, 3.63) is 0 Å². The number of hydrogen-bond acceptors (Lipinski definition) is 8. The van der Waals surface area contributed by atoms with Crippen LogP contribution in [-0.2, 0) is 27.2 Å². The molecule has 2 unspecified atom stereocenters. The quantitative estimate of drug-likeness (QED) is 0.0351. The second-order valence-electron chi connectivity index (χ2n) is 14.1. The molecule has 0 spiro atoms. The second kappa shape index (κ2) is 38.9. The van der Waals surface area contributed by atoms with Gasteiger partial charge in [0.1, 0.15) is 0 Å². The highest BCUT2D eigenvalue weighted by atomic mass is 31.2. The third-order valence-electron chi connectivity index (χ3n) is 9.26. The van der Waals surface area contributed by atoms with Crippen molar-refractivity contribution < 1.29 is 37.0 Å². The standard InChI is InChI=1S/C38H82N2O8P2/c1-39-33-37-47-49(41,42)45-35-31-29-27-25-23-21-19-17-15-13-11-9-7-5-3-4-6-8-10-12-14-16-18-20-22-24-26-28-30-32-36-46-50(43,44)48-38-34-40-2/h39-40H,3-38H2,1-2H3,(H,41,42)(H,43,44). The van der Waals surface area contributed by atoms with Crippen LogP contribution in [0.4, 0.5) is 0 Å². The third kappa shape index (κ3) is 40.9. The van der Waals surface area contributed by atoms with Gasteiger partial charge in [0.2, 0.25) is 0 Å². The van der Waals surface area contributed by atoms with E-state index < -0.39 is 15.6 Å². The molecule has 0 saturated carbocycles. The summed E-state index contributed by atoms with van der Waals surface area (Å²) in [4.78, 5) is 19.1. The summed E-state index contributed by atoms with van der Waals surface area (Å²) in [6, 6.07) is 0. The van der Waals surface area contributed by atoms with Gasteiger partial charge in [0.05, 0.1) is 26.4 Å². The lowest BCUT2D eigenvalue weighted by Crippen LogP contribution is -2.13. The summed E-state index contributed by atoms with van der Waals surface area (Å²) < 4.78 is 43.0. The molecule has 12 heteroatoms.